The van der Waals surface area contributed by atoms with Gasteiger partial charge in [-0.15, -0.1) is 0 Å². The Kier molecular flexibility index (Phi) is 2.70. The van der Waals surface area contributed by atoms with Crippen LogP contribution in [0.2, 0.25) is 0 Å². The third kappa shape index (κ3) is 2.06. The number of rotatable bonds is 2. The fourth-order valence-corrected chi connectivity index (χ4v) is 3.15. The maximum atomic E-state index is 12.2. The van der Waals surface area contributed by atoms with Crippen molar-refractivity contribution in [3.8, 4) is 0 Å². The van der Waals surface area contributed by atoms with Crippen LogP contribution in [0.3, 0.4) is 0 Å². The van der Waals surface area contributed by atoms with Gasteiger partial charge < -0.3 is 16.4 Å². The van der Waals surface area contributed by atoms with Crippen LogP contribution in [-0.2, 0) is 0 Å². The number of anilines is 1. The molecular formula is C13H18N4O. The van der Waals surface area contributed by atoms with Crippen molar-refractivity contribution in [2.75, 3.05) is 18.8 Å². The van der Waals surface area contributed by atoms with E-state index in [4.69, 9.17) is 5.73 Å². The van der Waals surface area contributed by atoms with Crippen molar-refractivity contribution in [2.24, 2.45) is 5.92 Å². The number of nitrogens with one attached hydrogen (secondary N) is 2. The van der Waals surface area contributed by atoms with Gasteiger partial charge in [-0.25, -0.2) is 4.98 Å². The van der Waals surface area contributed by atoms with Gasteiger partial charge >= 0.3 is 0 Å². The van der Waals surface area contributed by atoms with Gasteiger partial charge in [0.1, 0.15) is 5.82 Å². The van der Waals surface area contributed by atoms with Crippen LogP contribution < -0.4 is 16.4 Å². The predicted octanol–water partition coefficient (Wildman–Crippen LogP) is 0.536. The van der Waals surface area contributed by atoms with Crippen molar-refractivity contribution in [3.63, 3.8) is 0 Å². The average molecular weight is 246 g/mol. The predicted molar refractivity (Wildman–Crippen MR) is 69.1 cm³/mol. The number of nitrogens with two attached hydrogens (primary N) is 1. The number of piperidine rings is 1. The van der Waals surface area contributed by atoms with Crippen molar-refractivity contribution in [1.82, 2.24) is 15.6 Å². The summed E-state index contributed by atoms with van der Waals surface area (Å²) in [6.07, 6.45) is 4.92. The molecule has 1 amide bonds. The molecule has 0 radical (unpaired) electrons. The zero-order valence-corrected chi connectivity index (χ0v) is 10.3. The minimum absolute atomic E-state index is 0.0477. The van der Waals surface area contributed by atoms with E-state index >= 15 is 0 Å². The number of nitrogens with zero attached hydrogens (tertiary/aromatic N) is 1. The van der Waals surface area contributed by atoms with Crippen molar-refractivity contribution in [2.45, 2.75) is 24.8 Å². The lowest BCUT2D eigenvalue weighted by Crippen LogP contribution is -2.56. The van der Waals surface area contributed by atoms with Crippen molar-refractivity contribution in [1.29, 1.82) is 0 Å². The normalized spacial score (nSPS) is 30.1. The van der Waals surface area contributed by atoms with E-state index in [2.05, 4.69) is 15.6 Å². The molecule has 0 aromatic carbocycles. The van der Waals surface area contributed by atoms with E-state index in [1.807, 2.05) is 0 Å². The van der Waals surface area contributed by atoms with Crippen LogP contribution >= 0.6 is 0 Å². The molecule has 1 aliphatic carbocycles. The number of hydrogen-bond donors (Lipinski definition) is 3. The molecule has 2 bridgehead atoms. The lowest BCUT2D eigenvalue weighted by molar-refractivity contribution is 0.0889. The second-order valence-corrected chi connectivity index (χ2v) is 5.44. The van der Waals surface area contributed by atoms with Crippen molar-refractivity contribution < 1.29 is 4.79 Å². The molecule has 2 fully saturated rings. The van der Waals surface area contributed by atoms with Gasteiger partial charge in [0.15, 0.2) is 0 Å². The molecule has 96 valence electrons. The molecule has 5 nitrogen and oxygen atoms in total. The van der Waals surface area contributed by atoms with Crippen molar-refractivity contribution >= 4 is 11.7 Å². The molecule has 4 N–H and O–H groups in total. The number of carbonyl (C=O) groups is 1. The standard InChI is InChI=1S/C13H18N4O/c14-11-5-10(2-4-16-11)12(18)17-13-3-1-9(6-13)7-15-8-13/h2,4-5,9,15H,1,3,6-8H2,(H2,14,16)(H,17,18). The van der Waals surface area contributed by atoms with Crippen LogP contribution in [-0.4, -0.2) is 29.5 Å². The van der Waals surface area contributed by atoms with Crippen molar-refractivity contribution in [3.05, 3.63) is 23.9 Å². The Morgan fingerprint density at radius 1 is 1.61 bits per heavy atom. The Balaban J connectivity index is 1.75. The average Bonchev–Trinajstić information content (AvgIpc) is 2.64. The minimum atomic E-state index is -0.0575. The van der Waals surface area contributed by atoms with Crippen LogP contribution in [0.15, 0.2) is 18.3 Å². The molecule has 0 spiro atoms. The number of nitrogen functional groups attached to an aromatic ring is 1. The summed E-state index contributed by atoms with van der Waals surface area (Å²) in [7, 11) is 0. The van der Waals surface area contributed by atoms with E-state index < -0.39 is 0 Å². The van der Waals surface area contributed by atoms with E-state index in [1.165, 1.54) is 6.42 Å². The zero-order chi connectivity index (χ0) is 12.6. The number of amides is 1. The zero-order valence-electron chi connectivity index (χ0n) is 10.3. The Morgan fingerprint density at radius 3 is 3.33 bits per heavy atom. The second-order valence-electron chi connectivity index (χ2n) is 5.44. The van der Waals surface area contributed by atoms with Crippen LogP contribution in [0.5, 0.6) is 0 Å². The van der Waals surface area contributed by atoms with Crippen LogP contribution in [0.25, 0.3) is 0 Å². The SMILES string of the molecule is Nc1cc(C(=O)NC23CCC(CNC2)C3)ccn1. The van der Waals surface area contributed by atoms with Gasteiger partial charge in [0.05, 0.1) is 5.54 Å². The van der Waals surface area contributed by atoms with Crippen LogP contribution in [0.1, 0.15) is 29.6 Å². The number of hydrogen-bond acceptors (Lipinski definition) is 4. The fraction of sp³-hybridized carbons (Fsp3) is 0.538. The summed E-state index contributed by atoms with van der Waals surface area (Å²) in [5, 5.41) is 6.59. The molecule has 2 unspecified atom stereocenters. The lowest BCUT2D eigenvalue weighted by Gasteiger charge is -2.34. The lowest BCUT2D eigenvalue weighted by atomic mass is 9.92. The van der Waals surface area contributed by atoms with Gasteiger partial charge in [-0.3, -0.25) is 4.79 Å². The highest BCUT2D eigenvalue weighted by molar-refractivity contribution is 5.95. The Hall–Kier alpha value is -1.62. The number of fused-ring (bicyclic) bond motifs is 2. The highest BCUT2D eigenvalue weighted by Crippen LogP contribution is 2.36. The monoisotopic (exact) mass is 246 g/mol. The van der Waals surface area contributed by atoms with E-state index in [1.54, 1.807) is 18.3 Å². The minimum Gasteiger partial charge on any atom is -0.384 e. The maximum Gasteiger partial charge on any atom is 0.251 e. The highest BCUT2D eigenvalue weighted by atomic mass is 16.1. The molecule has 1 aromatic heterocycles. The summed E-state index contributed by atoms with van der Waals surface area (Å²) in [5.41, 5.74) is 6.13. The van der Waals surface area contributed by atoms with E-state index in [0.717, 1.165) is 25.9 Å². The summed E-state index contributed by atoms with van der Waals surface area (Å²) in [5.74, 6) is 1.04. The van der Waals surface area contributed by atoms with E-state index in [9.17, 15) is 4.79 Å². The third-order valence-electron chi connectivity index (χ3n) is 4.03. The van der Waals surface area contributed by atoms with E-state index in [0.29, 0.717) is 17.3 Å². The van der Waals surface area contributed by atoms with Gasteiger partial charge in [-0.05, 0) is 43.9 Å². The van der Waals surface area contributed by atoms with Gasteiger partial charge in [-0.2, -0.15) is 0 Å². The number of aromatic nitrogens is 1. The van der Waals surface area contributed by atoms with Gasteiger partial charge in [0.2, 0.25) is 0 Å². The summed E-state index contributed by atoms with van der Waals surface area (Å²) in [6.45, 7) is 1.95. The molecule has 3 rings (SSSR count). The second kappa shape index (κ2) is 4.24. The molecule has 2 aliphatic rings. The van der Waals surface area contributed by atoms with Gasteiger partial charge in [0.25, 0.3) is 5.91 Å². The van der Waals surface area contributed by atoms with E-state index in [-0.39, 0.29) is 11.4 Å². The first kappa shape index (κ1) is 11.5. The topological polar surface area (TPSA) is 80.0 Å². The third-order valence-corrected chi connectivity index (χ3v) is 4.03. The molecule has 1 saturated carbocycles. The first-order chi connectivity index (χ1) is 8.67. The summed E-state index contributed by atoms with van der Waals surface area (Å²) in [4.78, 5) is 16.1. The molecule has 1 aliphatic heterocycles. The molecule has 1 saturated heterocycles. The van der Waals surface area contributed by atoms with Gasteiger partial charge in [-0.1, -0.05) is 0 Å². The van der Waals surface area contributed by atoms with Crippen LogP contribution in [0, 0.1) is 5.92 Å². The fourth-order valence-electron chi connectivity index (χ4n) is 3.15. The first-order valence-electron chi connectivity index (χ1n) is 6.42. The largest absolute Gasteiger partial charge is 0.384 e. The first-order valence-corrected chi connectivity index (χ1v) is 6.42. The Labute approximate surface area is 106 Å². The molecule has 18 heavy (non-hydrogen) atoms. The summed E-state index contributed by atoms with van der Waals surface area (Å²) >= 11 is 0. The van der Waals surface area contributed by atoms with Gasteiger partial charge in [0, 0.05) is 18.3 Å². The molecule has 1 aromatic rings. The summed E-state index contributed by atoms with van der Waals surface area (Å²) < 4.78 is 0. The smallest absolute Gasteiger partial charge is 0.251 e. The highest BCUT2D eigenvalue weighted by Gasteiger charge is 2.42. The molecule has 2 heterocycles. The molecule has 2 atom stereocenters. The summed E-state index contributed by atoms with van der Waals surface area (Å²) in [6, 6.07) is 3.32. The molecule has 5 heteroatoms. The van der Waals surface area contributed by atoms with Crippen LogP contribution in [0.4, 0.5) is 5.82 Å². The molecular weight excluding hydrogens is 228 g/mol. The maximum absolute atomic E-state index is 12.2. The number of carbonyl (C=O) groups excluding carboxylic acids is 1. The number of pyridine rings is 1. The quantitative estimate of drug-likeness (QED) is 0.711. The Bertz CT molecular complexity index is 472. The Morgan fingerprint density at radius 2 is 2.50 bits per heavy atom.